The minimum atomic E-state index is -4.56. The minimum Gasteiger partial charge on any atom is -0.507 e. The van der Waals surface area contributed by atoms with Crippen LogP contribution in [0.5, 0.6) is 5.75 Å². The molecule has 3 aromatic rings. The van der Waals surface area contributed by atoms with Crippen LogP contribution in [0, 0.1) is 0 Å². The summed E-state index contributed by atoms with van der Waals surface area (Å²) in [5.74, 6) is -1.63. The average Bonchev–Trinajstić information content (AvgIpc) is 3.12. The summed E-state index contributed by atoms with van der Waals surface area (Å²) in [6.07, 6.45) is -1.61. The molecular formula is C29H27F3N2O4. The number of likely N-dealkylation sites (tertiary alicyclic amines) is 1. The number of alkyl halides is 3. The number of carbonyl (C=O) groups excluding carboxylic acids is 2. The van der Waals surface area contributed by atoms with Crippen molar-refractivity contribution in [2.24, 2.45) is 0 Å². The molecule has 0 spiro atoms. The first-order chi connectivity index (χ1) is 17.8. The minimum absolute atomic E-state index is 0.154. The van der Waals surface area contributed by atoms with Gasteiger partial charge in [0.2, 0.25) is 0 Å². The maximum Gasteiger partial charge on any atom is 0.416 e. The number of halogens is 3. The molecule has 198 valence electrons. The van der Waals surface area contributed by atoms with Crippen LogP contribution in [0.15, 0.2) is 72.6 Å². The highest BCUT2D eigenvalue weighted by molar-refractivity contribution is 6.46. The van der Waals surface area contributed by atoms with Crippen LogP contribution < -0.4 is 4.74 Å². The van der Waals surface area contributed by atoms with Gasteiger partial charge in [-0.25, -0.2) is 0 Å². The van der Waals surface area contributed by atoms with Crippen LogP contribution in [-0.2, 0) is 27.7 Å². The summed E-state index contributed by atoms with van der Waals surface area (Å²) >= 11 is 0. The van der Waals surface area contributed by atoms with Gasteiger partial charge in [0.25, 0.3) is 11.7 Å². The molecule has 0 aliphatic carbocycles. The molecule has 6 nitrogen and oxygen atoms in total. The van der Waals surface area contributed by atoms with Crippen LogP contribution in [0.1, 0.15) is 54.6 Å². The second-order valence-corrected chi connectivity index (χ2v) is 10.1. The Hall–Kier alpha value is -4.14. The molecule has 2 heterocycles. The fourth-order valence-corrected chi connectivity index (χ4v) is 4.57. The number of aliphatic hydroxyl groups is 1. The van der Waals surface area contributed by atoms with Crippen LogP contribution in [-0.4, -0.2) is 33.8 Å². The van der Waals surface area contributed by atoms with Gasteiger partial charge in [-0.05, 0) is 59.0 Å². The smallest absolute Gasteiger partial charge is 0.416 e. The zero-order valence-electron chi connectivity index (χ0n) is 21.3. The SMILES string of the molecule is COc1ccc(/C(O)=C2/C(=O)C(=O)N(Cc3cccc(C(F)(F)F)c3)C2c2ccncc2)cc1C(C)(C)C. The molecule has 1 amide bonds. The summed E-state index contributed by atoms with van der Waals surface area (Å²) in [7, 11) is 1.53. The number of aliphatic hydroxyl groups excluding tert-OH is 1. The van der Waals surface area contributed by atoms with E-state index in [1.54, 1.807) is 30.3 Å². The third-order valence-electron chi connectivity index (χ3n) is 6.45. The number of benzene rings is 2. The maximum absolute atomic E-state index is 13.3. The van der Waals surface area contributed by atoms with Crippen molar-refractivity contribution < 1.29 is 32.6 Å². The number of aromatic nitrogens is 1. The molecule has 0 bridgehead atoms. The Balaban J connectivity index is 1.86. The zero-order chi connectivity index (χ0) is 27.8. The lowest BCUT2D eigenvalue weighted by Gasteiger charge is -2.26. The molecular weight excluding hydrogens is 497 g/mol. The summed E-state index contributed by atoms with van der Waals surface area (Å²) in [6, 6.07) is 11.7. The highest BCUT2D eigenvalue weighted by Crippen LogP contribution is 2.42. The van der Waals surface area contributed by atoms with Crippen LogP contribution in [0.25, 0.3) is 5.76 Å². The van der Waals surface area contributed by atoms with E-state index >= 15 is 0 Å². The number of carbonyl (C=O) groups is 2. The predicted octanol–water partition coefficient (Wildman–Crippen LogP) is 6.03. The lowest BCUT2D eigenvalue weighted by Crippen LogP contribution is -2.29. The molecule has 1 fully saturated rings. The molecule has 1 N–H and O–H groups in total. The summed E-state index contributed by atoms with van der Waals surface area (Å²) in [5.41, 5.74) is 0.396. The van der Waals surface area contributed by atoms with Crippen molar-refractivity contribution in [1.82, 2.24) is 9.88 Å². The standard InChI is InChI=1S/C29H27F3N2O4/c1-28(2,3)21-15-19(8-9-22(21)38-4)25(35)23-24(18-10-12-33-13-11-18)34(27(37)26(23)36)16-17-6-5-7-20(14-17)29(30,31)32/h5-15,24,35H,16H2,1-4H3/b25-23-. The third kappa shape index (κ3) is 5.14. The van der Waals surface area contributed by atoms with Crippen molar-refractivity contribution in [2.75, 3.05) is 7.11 Å². The van der Waals surface area contributed by atoms with Gasteiger partial charge in [0, 0.05) is 30.1 Å². The normalized spacial score (nSPS) is 17.7. The fraction of sp³-hybridized carbons (Fsp3) is 0.276. The van der Waals surface area contributed by atoms with E-state index in [0.717, 1.165) is 17.7 Å². The monoisotopic (exact) mass is 524 g/mol. The van der Waals surface area contributed by atoms with Gasteiger partial charge in [0.15, 0.2) is 0 Å². The van der Waals surface area contributed by atoms with E-state index in [2.05, 4.69) is 4.98 Å². The molecule has 4 rings (SSSR count). The van der Waals surface area contributed by atoms with E-state index in [1.807, 2.05) is 20.8 Å². The Morgan fingerprint density at radius 3 is 2.32 bits per heavy atom. The summed E-state index contributed by atoms with van der Waals surface area (Å²) in [5, 5.41) is 11.4. The predicted molar refractivity (Wildman–Crippen MR) is 135 cm³/mol. The molecule has 1 aliphatic heterocycles. The average molecular weight is 525 g/mol. The summed E-state index contributed by atoms with van der Waals surface area (Å²) < 4.78 is 45.4. The van der Waals surface area contributed by atoms with Gasteiger partial charge in [-0.15, -0.1) is 0 Å². The van der Waals surface area contributed by atoms with Crippen molar-refractivity contribution in [3.63, 3.8) is 0 Å². The highest BCUT2D eigenvalue weighted by atomic mass is 19.4. The Labute approximate surface area is 218 Å². The van der Waals surface area contributed by atoms with Gasteiger partial charge in [0.05, 0.1) is 24.3 Å². The number of rotatable bonds is 5. The molecule has 0 radical (unpaired) electrons. The molecule has 2 aromatic carbocycles. The second-order valence-electron chi connectivity index (χ2n) is 10.1. The first-order valence-corrected chi connectivity index (χ1v) is 11.9. The van der Waals surface area contributed by atoms with Crippen molar-refractivity contribution in [1.29, 1.82) is 0 Å². The molecule has 1 saturated heterocycles. The molecule has 1 unspecified atom stereocenters. The van der Waals surface area contributed by atoms with Gasteiger partial charge < -0.3 is 14.7 Å². The first-order valence-electron chi connectivity index (χ1n) is 11.9. The number of methoxy groups -OCH3 is 1. The molecule has 1 atom stereocenters. The van der Waals surface area contributed by atoms with Gasteiger partial charge in [0.1, 0.15) is 11.5 Å². The van der Waals surface area contributed by atoms with E-state index in [1.165, 1.54) is 36.5 Å². The van der Waals surface area contributed by atoms with Crippen LogP contribution >= 0.6 is 0 Å². The van der Waals surface area contributed by atoms with Crippen molar-refractivity contribution in [3.05, 3.63) is 100 Å². The number of pyridine rings is 1. The Morgan fingerprint density at radius 2 is 1.71 bits per heavy atom. The van der Waals surface area contributed by atoms with E-state index in [9.17, 15) is 27.9 Å². The largest absolute Gasteiger partial charge is 0.507 e. The summed E-state index contributed by atoms with van der Waals surface area (Å²) in [6.45, 7) is 5.65. The quantitative estimate of drug-likeness (QED) is 0.251. The fourth-order valence-electron chi connectivity index (χ4n) is 4.57. The first kappa shape index (κ1) is 26.9. The van der Waals surface area contributed by atoms with Gasteiger partial charge in [-0.2, -0.15) is 13.2 Å². The van der Waals surface area contributed by atoms with E-state index in [4.69, 9.17) is 4.74 Å². The van der Waals surface area contributed by atoms with Crippen molar-refractivity contribution in [2.45, 2.75) is 44.9 Å². The van der Waals surface area contributed by atoms with E-state index in [-0.39, 0.29) is 28.9 Å². The van der Waals surface area contributed by atoms with Crippen LogP contribution in [0.2, 0.25) is 0 Å². The molecule has 1 aromatic heterocycles. The number of ether oxygens (including phenoxy) is 1. The number of ketones is 1. The maximum atomic E-state index is 13.3. The molecule has 38 heavy (non-hydrogen) atoms. The van der Waals surface area contributed by atoms with Crippen LogP contribution in [0.3, 0.4) is 0 Å². The highest BCUT2D eigenvalue weighted by Gasteiger charge is 2.46. The Kier molecular flexibility index (Phi) is 7.06. The Bertz CT molecular complexity index is 1410. The Morgan fingerprint density at radius 1 is 1.03 bits per heavy atom. The van der Waals surface area contributed by atoms with Gasteiger partial charge in [-0.3, -0.25) is 14.6 Å². The van der Waals surface area contributed by atoms with Gasteiger partial charge >= 0.3 is 6.18 Å². The number of nitrogens with zero attached hydrogens (tertiary/aromatic N) is 2. The van der Waals surface area contributed by atoms with Crippen LogP contribution in [0.4, 0.5) is 13.2 Å². The van der Waals surface area contributed by atoms with Crippen molar-refractivity contribution in [3.8, 4) is 5.75 Å². The lowest BCUT2D eigenvalue weighted by molar-refractivity contribution is -0.140. The zero-order valence-corrected chi connectivity index (χ0v) is 21.3. The third-order valence-corrected chi connectivity index (χ3v) is 6.45. The summed E-state index contributed by atoms with van der Waals surface area (Å²) in [4.78, 5) is 31.7. The number of hydrogen-bond donors (Lipinski definition) is 1. The van der Waals surface area contributed by atoms with Gasteiger partial charge in [-0.1, -0.05) is 32.9 Å². The molecule has 1 aliphatic rings. The number of Topliss-reactive ketones (excluding diaryl/α,β-unsaturated/α-hetero) is 1. The molecule has 9 heteroatoms. The number of amides is 1. The topological polar surface area (TPSA) is 79.7 Å². The van der Waals surface area contributed by atoms with E-state index in [0.29, 0.717) is 16.9 Å². The second kappa shape index (κ2) is 9.96. The number of hydrogen-bond acceptors (Lipinski definition) is 5. The van der Waals surface area contributed by atoms with Crippen molar-refractivity contribution >= 4 is 17.4 Å². The van der Waals surface area contributed by atoms with E-state index < -0.39 is 29.5 Å². The lowest BCUT2D eigenvalue weighted by atomic mass is 9.84. The molecule has 0 saturated carbocycles.